The molecule has 116 valence electrons. The van der Waals surface area contributed by atoms with Gasteiger partial charge in [-0.3, -0.25) is 9.78 Å². The molecule has 1 saturated heterocycles. The van der Waals surface area contributed by atoms with E-state index in [1.165, 1.54) is 6.20 Å². The second kappa shape index (κ2) is 7.36. The van der Waals surface area contributed by atoms with Crippen LogP contribution in [0.4, 0.5) is 5.82 Å². The Morgan fingerprint density at radius 3 is 2.90 bits per heavy atom. The summed E-state index contributed by atoms with van der Waals surface area (Å²) in [5.41, 5.74) is 5.41. The molecule has 2 unspecified atom stereocenters. The van der Waals surface area contributed by atoms with E-state index in [0.29, 0.717) is 23.9 Å². The van der Waals surface area contributed by atoms with Gasteiger partial charge in [0.2, 0.25) is 0 Å². The van der Waals surface area contributed by atoms with Crippen LogP contribution in [0.1, 0.15) is 50.0 Å². The Hall–Kier alpha value is -1.69. The number of nitrogens with one attached hydrogen (secondary N) is 1. The van der Waals surface area contributed by atoms with Gasteiger partial charge in [-0.15, -0.1) is 0 Å². The molecule has 0 aliphatic carbocycles. The number of carbonyl (C=O) groups is 1. The number of nitrogens with zero attached hydrogens (tertiary/aromatic N) is 2. The quantitative estimate of drug-likeness (QED) is 0.836. The normalized spacial score (nSPS) is 22.2. The third-order valence-electron chi connectivity index (χ3n) is 4.13. The monoisotopic (exact) mass is 292 g/mol. The number of amides is 1. The minimum absolute atomic E-state index is 0.184. The van der Waals surface area contributed by atoms with Crippen LogP contribution in [0.2, 0.25) is 0 Å². The van der Waals surface area contributed by atoms with Crippen molar-refractivity contribution >= 4 is 11.7 Å². The maximum absolute atomic E-state index is 11.1. The van der Waals surface area contributed by atoms with E-state index in [1.54, 1.807) is 6.20 Å². The van der Waals surface area contributed by atoms with E-state index in [-0.39, 0.29) is 5.69 Å². The molecular weight excluding hydrogens is 268 g/mol. The molecule has 0 aromatic carbocycles. The summed E-state index contributed by atoms with van der Waals surface area (Å²) in [5, 5.41) is 3.35. The number of anilines is 1. The third-order valence-corrected chi connectivity index (χ3v) is 4.13. The summed E-state index contributed by atoms with van der Waals surface area (Å²) in [6, 6.07) is 0.293. The lowest BCUT2D eigenvalue weighted by Crippen LogP contribution is -2.38. The minimum atomic E-state index is -0.562. The van der Waals surface area contributed by atoms with Crippen molar-refractivity contribution in [2.24, 2.45) is 11.7 Å². The number of nitrogens with two attached hydrogens (primary N) is 1. The maximum atomic E-state index is 11.1. The summed E-state index contributed by atoms with van der Waals surface area (Å²) in [5.74, 6) is 0.632. The average Bonchev–Trinajstić information content (AvgIpc) is 2.49. The van der Waals surface area contributed by atoms with Crippen molar-refractivity contribution in [3.63, 3.8) is 0 Å². The molecule has 6 nitrogen and oxygen atoms in total. The first-order chi connectivity index (χ1) is 10.1. The lowest BCUT2D eigenvalue weighted by molar-refractivity contribution is -0.0271. The second-order valence-electron chi connectivity index (χ2n) is 5.51. The van der Waals surface area contributed by atoms with Crippen molar-refractivity contribution in [3.8, 4) is 0 Å². The molecule has 0 spiro atoms. The SMILES string of the molecule is CCC(CC)C1CC(Nc2cncc(C(N)=O)n2)CCO1. The Labute approximate surface area is 125 Å². The first kappa shape index (κ1) is 15.7. The van der Waals surface area contributed by atoms with Gasteiger partial charge in [-0.1, -0.05) is 26.7 Å². The standard InChI is InChI=1S/C15H24N4O2/c1-3-10(4-2)13-7-11(5-6-21-13)18-14-9-17-8-12(19-14)15(16)20/h8-11,13H,3-7H2,1-2H3,(H2,16,20)(H,18,19). The number of primary amides is 1. The van der Waals surface area contributed by atoms with Crippen LogP contribution in [0, 0.1) is 5.92 Å². The molecule has 1 aliphatic rings. The van der Waals surface area contributed by atoms with Gasteiger partial charge in [-0.05, 0) is 18.8 Å². The highest BCUT2D eigenvalue weighted by Gasteiger charge is 2.27. The van der Waals surface area contributed by atoms with Crippen LogP contribution in [0.25, 0.3) is 0 Å². The van der Waals surface area contributed by atoms with Gasteiger partial charge < -0.3 is 15.8 Å². The molecule has 2 rings (SSSR count). The number of hydrogen-bond acceptors (Lipinski definition) is 5. The van der Waals surface area contributed by atoms with Crippen molar-refractivity contribution in [2.45, 2.75) is 51.7 Å². The van der Waals surface area contributed by atoms with Crippen LogP contribution >= 0.6 is 0 Å². The van der Waals surface area contributed by atoms with E-state index in [2.05, 4.69) is 29.1 Å². The van der Waals surface area contributed by atoms with Crippen LogP contribution in [-0.2, 0) is 4.74 Å². The van der Waals surface area contributed by atoms with Gasteiger partial charge in [-0.2, -0.15) is 0 Å². The highest BCUT2D eigenvalue weighted by Crippen LogP contribution is 2.26. The largest absolute Gasteiger partial charge is 0.378 e. The first-order valence-corrected chi connectivity index (χ1v) is 7.64. The molecule has 1 aliphatic heterocycles. The lowest BCUT2D eigenvalue weighted by atomic mass is 9.89. The van der Waals surface area contributed by atoms with Gasteiger partial charge in [0.05, 0.1) is 18.5 Å². The van der Waals surface area contributed by atoms with E-state index >= 15 is 0 Å². The number of hydrogen-bond donors (Lipinski definition) is 2. The Morgan fingerprint density at radius 1 is 1.48 bits per heavy atom. The molecular formula is C15H24N4O2. The van der Waals surface area contributed by atoms with Gasteiger partial charge in [0.1, 0.15) is 11.5 Å². The summed E-state index contributed by atoms with van der Waals surface area (Å²) in [4.78, 5) is 19.3. The first-order valence-electron chi connectivity index (χ1n) is 7.64. The molecule has 21 heavy (non-hydrogen) atoms. The molecule has 3 N–H and O–H groups in total. The zero-order valence-electron chi connectivity index (χ0n) is 12.7. The van der Waals surface area contributed by atoms with Crippen LogP contribution in [0.5, 0.6) is 0 Å². The van der Waals surface area contributed by atoms with E-state index in [0.717, 1.165) is 32.3 Å². The van der Waals surface area contributed by atoms with Gasteiger partial charge in [0, 0.05) is 12.6 Å². The summed E-state index contributed by atoms with van der Waals surface area (Å²) in [6.45, 7) is 5.16. The molecule has 2 atom stereocenters. The molecule has 2 heterocycles. The smallest absolute Gasteiger partial charge is 0.268 e. The van der Waals surface area contributed by atoms with Crippen LogP contribution < -0.4 is 11.1 Å². The molecule has 1 aromatic heterocycles. The fraction of sp³-hybridized carbons (Fsp3) is 0.667. The van der Waals surface area contributed by atoms with Crippen molar-refractivity contribution in [2.75, 3.05) is 11.9 Å². The second-order valence-corrected chi connectivity index (χ2v) is 5.51. The molecule has 1 aromatic rings. The molecule has 1 fully saturated rings. The molecule has 0 bridgehead atoms. The van der Waals surface area contributed by atoms with E-state index < -0.39 is 5.91 Å². The highest BCUT2D eigenvalue weighted by atomic mass is 16.5. The Morgan fingerprint density at radius 2 is 2.24 bits per heavy atom. The van der Waals surface area contributed by atoms with Crippen molar-refractivity contribution in [3.05, 3.63) is 18.1 Å². The topological polar surface area (TPSA) is 90.1 Å². The van der Waals surface area contributed by atoms with Crippen LogP contribution in [0.3, 0.4) is 0 Å². The van der Waals surface area contributed by atoms with Crippen molar-refractivity contribution in [1.29, 1.82) is 0 Å². The lowest BCUT2D eigenvalue weighted by Gasteiger charge is -2.34. The van der Waals surface area contributed by atoms with Gasteiger partial charge in [0.25, 0.3) is 5.91 Å². The van der Waals surface area contributed by atoms with E-state index in [4.69, 9.17) is 10.5 Å². The highest BCUT2D eigenvalue weighted by molar-refractivity contribution is 5.90. The molecule has 0 saturated carbocycles. The zero-order valence-corrected chi connectivity index (χ0v) is 12.7. The fourth-order valence-corrected chi connectivity index (χ4v) is 2.87. The minimum Gasteiger partial charge on any atom is -0.378 e. The maximum Gasteiger partial charge on any atom is 0.268 e. The Balaban J connectivity index is 1.99. The van der Waals surface area contributed by atoms with Crippen molar-refractivity contribution < 1.29 is 9.53 Å². The number of ether oxygens (including phenoxy) is 1. The Kier molecular flexibility index (Phi) is 5.50. The van der Waals surface area contributed by atoms with Crippen LogP contribution in [-0.4, -0.2) is 34.6 Å². The predicted octanol–water partition coefficient (Wildman–Crippen LogP) is 1.97. The summed E-state index contributed by atoms with van der Waals surface area (Å²) >= 11 is 0. The zero-order chi connectivity index (χ0) is 15.2. The number of rotatable bonds is 6. The molecule has 0 radical (unpaired) electrons. The summed E-state index contributed by atoms with van der Waals surface area (Å²) in [6.07, 6.45) is 7.43. The summed E-state index contributed by atoms with van der Waals surface area (Å²) < 4.78 is 5.90. The van der Waals surface area contributed by atoms with Crippen molar-refractivity contribution in [1.82, 2.24) is 9.97 Å². The van der Waals surface area contributed by atoms with Gasteiger partial charge in [-0.25, -0.2) is 4.98 Å². The van der Waals surface area contributed by atoms with E-state index in [1.807, 2.05) is 0 Å². The van der Waals surface area contributed by atoms with E-state index in [9.17, 15) is 4.79 Å². The molecule has 6 heteroatoms. The predicted molar refractivity (Wildman–Crippen MR) is 81.0 cm³/mol. The average molecular weight is 292 g/mol. The fourth-order valence-electron chi connectivity index (χ4n) is 2.87. The summed E-state index contributed by atoms with van der Waals surface area (Å²) in [7, 11) is 0. The molecule has 1 amide bonds. The number of aromatic nitrogens is 2. The van der Waals surface area contributed by atoms with Gasteiger partial charge >= 0.3 is 0 Å². The Bertz CT molecular complexity index is 476. The number of carbonyl (C=O) groups excluding carboxylic acids is 1. The van der Waals surface area contributed by atoms with Crippen LogP contribution in [0.15, 0.2) is 12.4 Å². The third kappa shape index (κ3) is 4.14. The van der Waals surface area contributed by atoms with Gasteiger partial charge in [0.15, 0.2) is 0 Å².